The van der Waals surface area contributed by atoms with Gasteiger partial charge in [-0.1, -0.05) is 11.3 Å². The van der Waals surface area contributed by atoms with Crippen molar-refractivity contribution >= 4 is 42.4 Å². The number of rotatable bonds is 7. The van der Waals surface area contributed by atoms with Gasteiger partial charge >= 0.3 is 0 Å². The number of fused-ring (bicyclic) bond motifs is 1. The summed E-state index contributed by atoms with van der Waals surface area (Å²) in [5.41, 5.74) is 0.827. The van der Waals surface area contributed by atoms with Crippen molar-refractivity contribution < 1.29 is 13.3 Å². The fourth-order valence-electron chi connectivity index (χ4n) is 3.12. The van der Waals surface area contributed by atoms with Gasteiger partial charge in [-0.3, -0.25) is 10.1 Å². The lowest BCUT2D eigenvalue weighted by Crippen LogP contribution is -2.34. The molecule has 2 aromatic rings. The van der Waals surface area contributed by atoms with E-state index >= 15 is 0 Å². The first-order valence-corrected chi connectivity index (χ1v) is 11.1. The topological polar surface area (TPSA) is 114 Å². The molecule has 8 nitrogen and oxygen atoms in total. The maximum Gasteiger partial charge on any atom is 0.270 e. The molecule has 0 amide bonds. The van der Waals surface area contributed by atoms with Crippen LogP contribution in [-0.2, 0) is 10.0 Å². The number of nitro benzene ring substituents is 1. The lowest BCUT2D eigenvalue weighted by atomic mass is 9.86. The van der Waals surface area contributed by atoms with Crippen LogP contribution in [-0.4, -0.2) is 36.7 Å². The number of hydrogen-bond acceptors (Lipinski definition) is 7. The number of non-ortho nitro benzene ring substituents is 1. The first-order chi connectivity index (χ1) is 12.4. The Balaban J connectivity index is 1.54. The Kier molecular flexibility index (Phi) is 5.73. The third-order valence-electron chi connectivity index (χ3n) is 4.73. The summed E-state index contributed by atoms with van der Waals surface area (Å²) in [7, 11) is -3.13. The van der Waals surface area contributed by atoms with Crippen LogP contribution < -0.4 is 10.0 Å². The summed E-state index contributed by atoms with van der Waals surface area (Å²) in [5.74, 6) is 0.479. The van der Waals surface area contributed by atoms with Crippen molar-refractivity contribution in [2.45, 2.75) is 38.6 Å². The third-order valence-corrected chi connectivity index (χ3v) is 7.05. The van der Waals surface area contributed by atoms with Gasteiger partial charge in [-0.15, -0.1) is 0 Å². The largest absolute Gasteiger partial charge is 0.359 e. The molecule has 0 spiro atoms. The molecule has 0 bridgehead atoms. The smallest absolute Gasteiger partial charge is 0.270 e. The molecule has 1 heterocycles. The summed E-state index contributed by atoms with van der Waals surface area (Å²) >= 11 is 1.42. The third kappa shape index (κ3) is 4.68. The Hall–Kier alpha value is -1.78. The van der Waals surface area contributed by atoms with Crippen LogP contribution in [0.3, 0.4) is 0 Å². The van der Waals surface area contributed by atoms with Crippen LogP contribution in [0.25, 0.3) is 10.2 Å². The van der Waals surface area contributed by atoms with E-state index in [0.29, 0.717) is 18.5 Å². The fourth-order valence-corrected chi connectivity index (χ4v) is 4.79. The second-order valence-electron chi connectivity index (χ2n) is 6.54. The summed E-state index contributed by atoms with van der Waals surface area (Å²) < 4.78 is 26.5. The van der Waals surface area contributed by atoms with Gasteiger partial charge in [0.05, 0.1) is 20.9 Å². The van der Waals surface area contributed by atoms with E-state index < -0.39 is 14.9 Å². The molecule has 1 fully saturated rings. The van der Waals surface area contributed by atoms with Crippen LogP contribution >= 0.6 is 11.3 Å². The van der Waals surface area contributed by atoms with Gasteiger partial charge in [0.25, 0.3) is 5.69 Å². The van der Waals surface area contributed by atoms with Gasteiger partial charge in [0.15, 0.2) is 5.13 Å². The number of thiazole rings is 1. The van der Waals surface area contributed by atoms with Gasteiger partial charge < -0.3 is 5.32 Å². The molecule has 0 unspecified atom stereocenters. The molecule has 26 heavy (non-hydrogen) atoms. The van der Waals surface area contributed by atoms with E-state index in [0.717, 1.165) is 41.0 Å². The van der Waals surface area contributed by atoms with Crippen molar-refractivity contribution in [3.8, 4) is 0 Å². The SMILES string of the molecule is CCS(=O)(=O)NCC1CCC(Nc2nc3ccc([N+](=O)[O-])cc3s2)CC1. The van der Waals surface area contributed by atoms with E-state index in [4.69, 9.17) is 0 Å². The van der Waals surface area contributed by atoms with Crippen molar-refractivity contribution in [2.24, 2.45) is 5.92 Å². The van der Waals surface area contributed by atoms with Gasteiger partial charge in [0.2, 0.25) is 10.0 Å². The molecular weight excluding hydrogens is 376 g/mol. The zero-order valence-corrected chi connectivity index (χ0v) is 16.1. The molecule has 3 rings (SSSR count). The van der Waals surface area contributed by atoms with E-state index in [-0.39, 0.29) is 11.4 Å². The fraction of sp³-hybridized carbons (Fsp3) is 0.562. The number of nitrogens with one attached hydrogen (secondary N) is 2. The number of sulfonamides is 1. The number of nitro groups is 1. The second-order valence-corrected chi connectivity index (χ2v) is 9.67. The van der Waals surface area contributed by atoms with Crippen LogP contribution in [0.4, 0.5) is 10.8 Å². The molecule has 1 aliphatic carbocycles. The quantitative estimate of drug-likeness (QED) is 0.547. The molecule has 1 aromatic carbocycles. The molecule has 1 saturated carbocycles. The first kappa shape index (κ1) is 19.0. The minimum atomic E-state index is -3.13. The molecule has 0 atom stereocenters. The number of hydrogen-bond donors (Lipinski definition) is 2. The molecule has 0 radical (unpaired) electrons. The number of benzene rings is 1. The summed E-state index contributed by atoms with van der Waals surface area (Å²) in [4.78, 5) is 15.0. The highest BCUT2D eigenvalue weighted by molar-refractivity contribution is 7.89. The van der Waals surface area contributed by atoms with Gasteiger partial charge in [-0.2, -0.15) is 0 Å². The Bertz CT molecular complexity index is 889. The lowest BCUT2D eigenvalue weighted by Gasteiger charge is -2.29. The molecule has 142 valence electrons. The Morgan fingerprint density at radius 2 is 2.04 bits per heavy atom. The summed E-state index contributed by atoms with van der Waals surface area (Å²) in [5, 5.41) is 15.1. The molecular formula is C16H22N4O4S2. The van der Waals surface area contributed by atoms with Gasteiger partial charge in [-0.05, 0) is 44.6 Å². The molecule has 0 aliphatic heterocycles. The minimum Gasteiger partial charge on any atom is -0.359 e. The molecule has 1 aliphatic rings. The number of anilines is 1. The lowest BCUT2D eigenvalue weighted by molar-refractivity contribution is -0.384. The van der Waals surface area contributed by atoms with Crippen LogP contribution in [0.15, 0.2) is 18.2 Å². The van der Waals surface area contributed by atoms with E-state index in [1.54, 1.807) is 19.1 Å². The average Bonchev–Trinajstić information content (AvgIpc) is 3.02. The number of nitrogens with zero attached hydrogens (tertiary/aromatic N) is 2. The summed E-state index contributed by atoms with van der Waals surface area (Å²) in [6, 6.07) is 4.99. The second kappa shape index (κ2) is 7.85. The molecule has 0 saturated heterocycles. The van der Waals surface area contributed by atoms with Crippen molar-refractivity contribution in [1.29, 1.82) is 0 Å². The maximum absolute atomic E-state index is 11.5. The molecule has 10 heteroatoms. The van der Waals surface area contributed by atoms with Crippen LogP contribution in [0.5, 0.6) is 0 Å². The normalized spacial score (nSPS) is 21.0. The summed E-state index contributed by atoms with van der Waals surface area (Å²) in [6.07, 6.45) is 3.82. The van der Waals surface area contributed by atoms with Gasteiger partial charge in [0.1, 0.15) is 0 Å². The predicted molar refractivity (Wildman–Crippen MR) is 103 cm³/mol. The summed E-state index contributed by atoms with van der Waals surface area (Å²) in [6.45, 7) is 2.14. The zero-order valence-electron chi connectivity index (χ0n) is 14.5. The highest BCUT2D eigenvalue weighted by Crippen LogP contribution is 2.32. The number of aromatic nitrogens is 1. The van der Waals surface area contributed by atoms with E-state index in [9.17, 15) is 18.5 Å². The van der Waals surface area contributed by atoms with Gasteiger partial charge in [-0.25, -0.2) is 18.1 Å². The van der Waals surface area contributed by atoms with E-state index in [1.807, 2.05) is 0 Å². The van der Waals surface area contributed by atoms with Crippen LogP contribution in [0.1, 0.15) is 32.6 Å². The highest BCUT2D eigenvalue weighted by atomic mass is 32.2. The van der Waals surface area contributed by atoms with E-state index in [2.05, 4.69) is 15.0 Å². The Morgan fingerprint density at radius 3 is 2.69 bits per heavy atom. The standard InChI is InChI=1S/C16H22N4O4S2/c1-2-26(23,24)17-10-11-3-5-12(6-4-11)18-16-19-14-8-7-13(20(21)22)9-15(14)25-16/h7-9,11-12,17H,2-6,10H2,1H3,(H,18,19). The molecule has 2 N–H and O–H groups in total. The van der Waals surface area contributed by atoms with E-state index in [1.165, 1.54) is 17.4 Å². The van der Waals surface area contributed by atoms with Crippen molar-refractivity contribution in [3.05, 3.63) is 28.3 Å². The van der Waals surface area contributed by atoms with Crippen LogP contribution in [0.2, 0.25) is 0 Å². The van der Waals surface area contributed by atoms with Crippen molar-refractivity contribution in [3.63, 3.8) is 0 Å². The monoisotopic (exact) mass is 398 g/mol. The Labute approximate surface area is 156 Å². The molecule has 1 aromatic heterocycles. The van der Waals surface area contributed by atoms with Gasteiger partial charge in [0, 0.05) is 24.7 Å². The first-order valence-electron chi connectivity index (χ1n) is 8.65. The Morgan fingerprint density at radius 1 is 1.31 bits per heavy atom. The predicted octanol–water partition coefficient (Wildman–Crippen LogP) is 3.11. The highest BCUT2D eigenvalue weighted by Gasteiger charge is 2.23. The average molecular weight is 399 g/mol. The van der Waals surface area contributed by atoms with Crippen LogP contribution in [0, 0.1) is 16.0 Å². The maximum atomic E-state index is 11.5. The van der Waals surface area contributed by atoms with Crippen molar-refractivity contribution in [1.82, 2.24) is 9.71 Å². The van der Waals surface area contributed by atoms with Crippen molar-refractivity contribution in [2.75, 3.05) is 17.6 Å². The minimum absolute atomic E-state index is 0.0720. The zero-order chi connectivity index (χ0) is 18.7.